The first-order valence-corrected chi connectivity index (χ1v) is 9.47. The molecule has 2 N–H and O–H groups in total. The number of benzene rings is 3. The van der Waals surface area contributed by atoms with E-state index >= 15 is 0 Å². The van der Waals surface area contributed by atoms with Gasteiger partial charge in [-0.2, -0.15) is 0 Å². The third-order valence-electron chi connectivity index (χ3n) is 4.16. The fraction of sp³-hybridized carbons (Fsp3) is 0.182. The highest BCUT2D eigenvalue weighted by atomic mass is 35.5. The molecule has 3 aromatic rings. The van der Waals surface area contributed by atoms with Gasteiger partial charge in [-0.1, -0.05) is 71.7 Å². The van der Waals surface area contributed by atoms with Gasteiger partial charge in [0.25, 0.3) is 0 Å². The largest absolute Gasteiger partial charge is 0.489 e. The Labute approximate surface area is 169 Å². The summed E-state index contributed by atoms with van der Waals surface area (Å²) in [5.74, 6) is 0.786. The Balaban J connectivity index is 1.45. The van der Waals surface area contributed by atoms with Crippen LogP contribution in [0.1, 0.15) is 22.8 Å². The van der Waals surface area contributed by atoms with Gasteiger partial charge < -0.3 is 15.2 Å². The van der Waals surface area contributed by atoms with Crippen LogP contribution < -0.4 is 10.1 Å². The van der Waals surface area contributed by atoms with Crippen molar-refractivity contribution < 1.29 is 9.84 Å². The van der Waals surface area contributed by atoms with E-state index in [1.54, 1.807) is 12.1 Å². The highest BCUT2D eigenvalue weighted by molar-refractivity contribution is 6.42. The molecule has 3 rings (SSSR count). The van der Waals surface area contributed by atoms with Crippen molar-refractivity contribution in [2.24, 2.45) is 0 Å². The van der Waals surface area contributed by atoms with Crippen molar-refractivity contribution in [2.45, 2.75) is 19.3 Å². The summed E-state index contributed by atoms with van der Waals surface area (Å²) in [6, 6.07) is 23.0. The highest BCUT2D eigenvalue weighted by Crippen LogP contribution is 2.23. The van der Waals surface area contributed by atoms with Gasteiger partial charge in [0.2, 0.25) is 0 Å². The fourth-order valence-corrected chi connectivity index (χ4v) is 2.97. The first kappa shape index (κ1) is 19.7. The number of aliphatic hydroxyl groups is 1. The number of rotatable bonds is 8. The molecular formula is C22H21Cl2NO2. The van der Waals surface area contributed by atoms with E-state index in [1.807, 2.05) is 60.7 Å². The number of nitrogens with one attached hydrogen (secondary N) is 1. The van der Waals surface area contributed by atoms with E-state index in [1.165, 1.54) is 0 Å². The Morgan fingerprint density at radius 1 is 0.852 bits per heavy atom. The second-order valence-corrected chi connectivity index (χ2v) is 7.05. The average Bonchev–Trinajstić information content (AvgIpc) is 2.70. The van der Waals surface area contributed by atoms with Crippen LogP contribution in [0.4, 0.5) is 0 Å². The minimum atomic E-state index is -0.514. The molecule has 0 aromatic heterocycles. The topological polar surface area (TPSA) is 41.5 Å². The molecule has 0 amide bonds. The molecule has 27 heavy (non-hydrogen) atoms. The molecule has 0 spiro atoms. The summed E-state index contributed by atoms with van der Waals surface area (Å²) >= 11 is 11.9. The summed E-state index contributed by atoms with van der Waals surface area (Å²) in [5, 5.41) is 14.5. The van der Waals surface area contributed by atoms with Crippen molar-refractivity contribution in [3.63, 3.8) is 0 Å². The third-order valence-corrected chi connectivity index (χ3v) is 4.90. The first-order valence-electron chi connectivity index (χ1n) is 8.71. The van der Waals surface area contributed by atoms with Crippen molar-refractivity contribution in [3.8, 4) is 5.75 Å². The number of hydrogen-bond donors (Lipinski definition) is 2. The van der Waals surface area contributed by atoms with E-state index in [0.29, 0.717) is 29.7 Å². The number of halogens is 2. The molecule has 0 saturated carbocycles. The molecule has 0 aliphatic heterocycles. The van der Waals surface area contributed by atoms with Crippen LogP contribution in [0, 0.1) is 0 Å². The molecule has 3 aromatic carbocycles. The number of hydrogen-bond acceptors (Lipinski definition) is 3. The minimum absolute atomic E-state index is 0.428. The van der Waals surface area contributed by atoms with Crippen molar-refractivity contribution in [1.82, 2.24) is 5.32 Å². The first-order chi connectivity index (χ1) is 13.1. The van der Waals surface area contributed by atoms with E-state index in [4.69, 9.17) is 27.9 Å². The lowest BCUT2D eigenvalue weighted by molar-refractivity contribution is 0.174. The standard InChI is InChI=1S/C22H21Cl2NO2/c23-20-11-8-17(12-21(20)24)15-27-19-9-6-16(7-10-19)13-25-14-22(26)18-4-2-1-3-5-18/h1-12,22,25-26H,13-15H2/t22-/m0/s1. The molecule has 3 nitrogen and oxygen atoms in total. The van der Waals surface area contributed by atoms with E-state index in [0.717, 1.165) is 22.4 Å². The van der Waals surface area contributed by atoms with Crippen LogP contribution in [0.25, 0.3) is 0 Å². The van der Waals surface area contributed by atoms with Crippen molar-refractivity contribution in [3.05, 3.63) is 99.5 Å². The number of aliphatic hydroxyl groups excluding tert-OH is 1. The quantitative estimate of drug-likeness (QED) is 0.531. The zero-order valence-electron chi connectivity index (χ0n) is 14.7. The predicted octanol–water partition coefficient (Wildman–Crippen LogP) is 5.40. The van der Waals surface area contributed by atoms with Gasteiger partial charge in [0.15, 0.2) is 0 Å². The van der Waals surface area contributed by atoms with E-state index in [2.05, 4.69) is 5.32 Å². The van der Waals surface area contributed by atoms with Crippen molar-refractivity contribution >= 4 is 23.2 Å². The van der Waals surface area contributed by atoms with Crippen LogP contribution in [0.3, 0.4) is 0 Å². The summed E-state index contributed by atoms with van der Waals surface area (Å²) in [6.45, 7) is 1.61. The molecule has 5 heteroatoms. The summed E-state index contributed by atoms with van der Waals surface area (Å²) in [4.78, 5) is 0. The normalized spacial score (nSPS) is 12.0. The summed E-state index contributed by atoms with van der Waals surface area (Å²) in [6.07, 6.45) is -0.514. The summed E-state index contributed by atoms with van der Waals surface area (Å²) in [7, 11) is 0. The smallest absolute Gasteiger partial charge is 0.119 e. The summed E-state index contributed by atoms with van der Waals surface area (Å²) < 4.78 is 5.78. The van der Waals surface area contributed by atoms with Crippen LogP contribution in [0.5, 0.6) is 5.75 Å². The second kappa shape index (κ2) is 9.77. The maximum Gasteiger partial charge on any atom is 0.119 e. The van der Waals surface area contributed by atoms with Crippen LogP contribution in [0.2, 0.25) is 10.0 Å². The van der Waals surface area contributed by atoms with Crippen LogP contribution in [-0.4, -0.2) is 11.7 Å². The lowest BCUT2D eigenvalue weighted by atomic mass is 10.1. The third kappa shape index (κ3) is 5.98. The fourth-order valence-electron chi connectivity index (χ4n) is 2.65. The Hall–Kier alpha value is -2.04. The van der Waals surface area contributed by atoms with Crippen molar-refractivity contribution in [1.29, 1.82) is 0 Å². The molecular weight excluding hydrogens is 381 g/mol. The highest BCUT2D eigenvalue weighted by Gasteiger charge is 2.06. The Morgan fingerprint density at radius 3 is 2.26 bits per heavy atom. The Morgan fingerprint density at radius 2 is 1.56 bits per heavy atom. The van der Waals surface area contributed by atoms with Gasteiger partial charge in [-0.25, -0.2) is 0 Å². The monoisotopic (exact) mass is 401 g/mol. The summed E-state index contributed by atoms with van der Waals surface area (Å²) in [5.41, 5.74) is 3.00. The van der Waals surface area contributed by atoms with E-state index < -0.39 is 6.10 Å². The zero-order valence-corrected chi connectivity index (χ0v) is 16.3. The minimum Gasteiger partial charge on any atom is -0.489 e. The molecule has 1 atom stereocenters. The molecule has 0 aliphatic rings. The molecule has 0 fully saturated rings. The zero-order chi connectivity index (χ0) is 19.1. The van der Waals surface area contributed by atoms with Crippen LogP contribution in [-0.2, 0) is 13.2 Å². The second-order valence-electron chi connectivity index (χ2n) is 6.24. The molecule has 140 valence electrons. The lowest BCUT2D eigenvalue weighted by Gasteiger charge is -2.12. The molecule has 0 heterocycles. The molecule has 0 aliphatic carbocycles. The van der Waals surface area contributed by atoms with Gasteiger partial charge in [-0.15, -0.1) is 0 Å². The maximum atomic E-state index is 10.2. The van der Waals surface area contributed by atoms with Gasteiger partial charge in [0.05, 0.1) is 16.1 Å². The maximum absolute atomic E-state index is 10.2. The van der Waals surface area contributed by atoms with Gasteiger partial charge in [-0.3, -0.25) is 0 Å². The average molecular weight is 402 g/mol. The van der Waals surface area contributed by atoms with Gasteiger partial charge in [0.1, 0.15) is 12.4 Å². The van der Waals surface area contributed by atoms with Crippen molar-refractivity contribution in [2.75, 3.05) is 6.54 Å². The number of ether oxygens (including phenoxy) is 1. The lowest BCUT2D eigenvalue weighted by Crippen LogP contribution is -2.20. The predicted molar refractivity (Wildman–Crippen MR) is 110 cm³/mol. The Bertz CT molecular complexity index is 854. The molecule has 0 bridgehead atoms. The van der Waals surface area contributed by atoms with Crippen LogP contribution in [0.15, 0.2) is 72.8 Å². The molecule has 0 unspecified atom stereocenters. The van der Waals surface area contributed by atoms with Gasteiger partial charge in [-0.05, 0) is 41.0 Å². The molecule has 0 radical (unpaired) electrons. The van der Waals surface area contributed by atoms with Gasteiger partial charge in [0, 0.05) is 13.1 Å². The van der Waals surface area contributed by atoms with E-state index in [-0.39, 0.29) is 0 Å². The van der Waals surface area contributed by atoms with Gasteiger partial charge >= 0.3 is 0 Å². The Kier molecular flexibility index (Phi) is 7.13. The molecule has 0 saturated heterocycles. The van der Waals surface area contributed by atoms with Crippen LogP contribution >= 0.6 is 23.2 Å². The SMILES string of the molecule is O[C@@H](CNCc1ccc(OCc2ccc(Cl)c(Cl)c2)cc1)c1ccccc1. The van der Waals surface area contributed by atoms with E-state index in [9.17, 15) is 5.11 Å².